The Labute approximate surface area is 144 Å². The zero-order valence-corrected chi connectivity index (χ0v) is 14.1. The number of carbonyl (C=O) groups is 2. The van der Waals surface area contributed by atoms with Gasteiger partial charge in [0, 0.05) is 0 Å². The fraction of sp³-hybridized carbons (Fsp3) is 0.529. The van der Waals surface area contributed by atoms with Crippen molar-refractivity contribution >= 4 is 11.9 Å². The summed E-state index contributed by atoms with van der Waals surface area (Å²) in [4.78, 5) is 20.6. The molecule has 25 heavy (non-hydrogen) atoms. The maximum atomic E-state index is 11.7. The lowest BCUT2D eigenvalue weighted by Gasteiger charge is -2.20. The number of benzene rings is 1. The van der Waals surface area contributed by atoms with E-state index in [1.807, 2.05) is 0 Å². The van der Waals surface area contributed by atoms with Crippen LogP contribution in [0.25, 0.3) is 0 Å². The molecule has 1 saturated heterocycles. The maximum Gasteiger partial charge on any atom is 0.490 e. The van der Waals surface area contributed by atoms with E-state index in [2.05, 4.69) is 43.4 Å². The molecular weight excluding hydrogens is 337 g/mol. The molecule has 5 nitrogen and oxygen atoms in total. The predicted molar refractivity (Wildman–Crippen MR) is 87.1 cm³/mol. The van der Waals surface area contributed by atoms with Crippen LogP contribution in [0.1, 0.15) is 43.2 Å². The molecule has 4 N–H and O–H groups in total. The number of nitrogens with two attached hydrogens (primary N) is 1. The van der Waals surface area contributed by atoms with Gasteiger partial charge in [0.1, 0.15) is 0 Å². The van der Waals surface area contributed by atoms with Gasteiger partial charge in [-0.05, 0) is 42.5 Å². The third-order valence-corrected chi connectivity index (χ3v) is 4.08. The Hall–Kier alpha value is -2.09. The van der Waals surface area contributed by atoms with Crippen LogP contribution in [0, 0.1) is 5.92 Å². The lowest BCUT2D eigenvalue weighted by atomic mass is 9.84. The first-order valence-electron chi connectivity index (χ1n) is 7.94. The topological polar surface area (TPSA) is 92.4 Å². The predicted octanol–water partition coefficient (Wildman–Crippen LogP) is 2.62. The minimum absolute atomic E-state index is 0.152. The third-order valence-electron chi connectivity index (χ3n) is 4.08. The van der Waals surface area contributed by atoms with Crippen molar-refractivity contribution in [3.05, 3.63) is 35.4 Å². The van der Waals surface area contributed by atoms with Gasteiger partial charge in [0.25, 0.3) is 0 Å². The monoisotopic (exact) mass is 360 g/mol. The van der Waals surface area contributed by atoms with Crippen molar-refractivity contribution in [3.8, 4) is 0 Å². The number of hydrogen-bond donors (Lipinski definition) is 3. The summed E-state index contributed by atoms with van der Waals surface area (Å²) in [7, 11) is 0. The quantitative estimate of drug-likeness (QED) is 0.770. The summed E-state index contributed by atoms with van der Waals surface area (Å²) in [5.74, 6) is -2.26. The number of amides is 1. The van der Waals surface area contributed by atoms with Gasteiger partial charge in [-0.2, -0.15) is 13.2 Å². The van der Waals surface area contributed by atoms with Gasteiger partial charge >= 0.3 is 12.1 Å². The normalized spacial score (nSPS) is 18.4. The number of alkyl halides is 3. The maximum absolute atomic E-state index is 11.7. The van der Waals surface area contributed by atoms with Crippen molar-refractivity contribution in [2.24, 2.45) is 11.7 Å². The summed E-state index contributed by atoms with van der Waals surface area (Å²) < 4.78 is 31.7. The molecule has 2 rings (SSSR count). The molecule has 1 aliphatic rings. The second kappa shape index (κ2) is 8.84. The van der Waals surface area contributed by atoms with Gasteiger partial charge in [-0.1, -0.05) is 38.1 Å². The molecule has 1 unspecified atom stereocenters. The molecule has 0 aromatic heterocycles. The third kappa shape index (κ3) is 6.38. The molecule has 1 aromatic rings. The summed E-state index contributed by atoms with van der Waals surface area (Å²) in [6.07, 6.45) is -4.06. The van der Waals surface area contributed by atoms with E-state index in [0.717, 1.165) is 25.1 Å². The van der Waals surface area contributed by atoms with Gasteiger partial charge in [-0.25, -0.2) is 4.79 Å². The van der Waals surface area contributed by atoms with E-state index in [4.69, 9.17) is 15.6 Å². The lowest BCUT2D eigenvalue weighted by Crippen LogP contribution is -2.29. The van der Waals surface area contributed by atoms with E-state index in [9.17, 15) is 18.0 Å². The standard InChI is InChI=1S/C15H22N2O.C2HF3O2/c1-10(2)11-3-5-12(6-4-11)14(15(16)18)13-7-8-17-9-13;3-2(4,5)1(6)7/h3-6,10,13-14,17H,7-9H2,1-2H3,(H2,16,18);(H,6,7)/t13?,14-;/m0./s1. The van der Waals surface area contributed by atoms with Gasteiger partial charge in [0.05, 0.1) is 5.92 Å². The average molecular weight is 360 g/mol. The average Bonchev–Trinajstić information content (AvgIpc) is 3.01. The van der Waals surface area contributed by atoms with Crippen LogP contribution in [-0.2, 0) is 9.59 Å². The molecule has 0 spiro atoms. The van der Waals surface area contributed by atoms with Crippen LogP contribution < -0.4 is 11.1 Å². The van der Waals surface area contributed by atoms with Crippen molar-refractivity contribution in [3.63, 3.8) is 0 Å². The minimum Gasteiger partial charge on any atom is -0.475 e. The van der Waals surface area contributed by atoms with Gasteiger partial charge in [-0.3, -0.25) is 4.79 Å². The molecule has 0 saturated carbocycles. The zero-order valence-electron chi connectivity index (χ0n) is 14.1. The SMILES string of the molecule is CC(C)c1ccc([C@H](C(N)=O)C2CCNC2)cc1.O=C(O)C(F)(F)F. The van der Waals surface area contributed by atoms with Gasteiger partial charge in [-0.15, -0.1) is 0 Å². The van der Waals surface area contributed by atoms with Crippen LogP contribution in [-0.4, -0.2) is 36.2 Å². The molecule has 1 fully saturated rings. The van der Waals surface area contributed by atoms with Gasteiger partial charge in [0.15, 0.2) is 0 Å². The Morgan fingerprint density at radius 1 is 1.20 bits per heavy atom. The number of hydrogen-bond acceptors (Lipinski definition) is 3. The Balaban J connectivity index is 0.000000381. The van der Waals surface area contributed by atoms with Gasteiger partial charge < -0.3 is 16.2 Å². The highest BCUT2D eigenvalue weighted by Gasteiger charge is 2.38. The fourth-order valence-corrected chi connectivity index (χ4v) is 2.72. The Kier molecular flexibility index (Phi) is 7.41. The first-order valence-corrected chi connectivity index (χ1v) is 7.94. The molecule has 1 amide bonds. The molecule has 1 heterocycles. The number of carboxylic acid groups (broad SMARTS) is 1. The molecular formula is C17H23F3N2O3. The Morgan fingerprint density at radius 2 is 1.68 bits per heavy atom. The second-order valence-corrected chi connectivity index (χ2v) is 6.26. The lowest BCUT2D eigenvalue weighted by molar-refractivity contribution is -0.192. The molecule has 2 atom stereocenters. The van der Waals surface area contributed by atoms with Gasteiger partial charge in [0.2, 0.25) is 5.91 Å². The van der Waals surface area contributed by atoms with E-state index in [1.165, 1.54) is 5.56 Å². The Morgan fingerprint density at radius 3 is 2.00 bits per heavy atom. The number of nitrogens with one attached hydrogen (secondary N) is 1. The summed E-state index contributed by atoms with van der Waals surface area (Å²) in [5, 5.41) is 10.4. The summed E-state index contributed by atoms with van der Waals surface area (Å²) >= 11 is 0. The molecule has 0 aliphatic carbocycles. The molecule has 0 bridgehead atoms. The van der Waals surface area contributed by atoms with E-state index >= 15 is 0 Å². The smallest absolute Gasteiger partial charge is 0.475 e. The van der Waals surface area contributed by atoms with E-state index in [0.29, 0.717) is 11.8 Å². The number of primary amides is 1. The van der Waals surface area contributed by atoms with E-state index < -0.39 is 12.1 Å². The van der Waals surface area contributed by atoms with Crippen LogP contribution >= 0.6 is 0 Å². The highest BCUT2D eigenvalue weighted by atomic mass is 19.4. The molecule has 0 radical (unpaired) electrons. The molecule has 140 valence electrons. The van der Waals surface area contributed by atoms with Crippen molar-refractivity contribution in [2.45, 2.75) is 38.3 Å². The number of carboxylic acids is 1. The van der Waals surface area contributed by atoms with Crippen molar-refractivity contribution in [2.75, 3.05) is 13.1 Å². The molecule has 1 aromatic carbocycles. The molecule has 8 heteroatoms. The summed E-state index contributed by atoms with van der Waals surface area (Å²) in [6.45, 7) is 6.21. The highest BCUT2D eigenvalue weighted by Crippen LogP contribution is 2.29. The zero-order chi connectivity index (χ0) is 19.2. The van der Waals surface area contributed by atoms with Crippen molar-refractivity contribution in [1.82, 2.24) is 5.32 Å². The fourth-order valence-electron chi connectivity index (χ4n) is 2.72. The second-order valence-electron chi connectivity index (χ2n) is 6.26. The first kappa shape index (κ1) is 21.0. The highest BCUT2D eigenvalue weighted by molar-refractivity contribution is 5.82. The van der Waals surface area contributed by atoms with Crippen molar-refractivity contribution < 1.29 is 27.9 Å². The summed E-state index contributed by atoms with van der Waals surface area (Å²) in [5.41, 5.74) is 7.93. The minimum atomic E-state index is -5.08. The van der Waals surface area contributed by atoms with Crippen LogP contribution in [0.15, 0.2) is 24.3 Å². The number of aliphatic carboxylic acids is 1. The number of halogens is 3. The Bertz CT molecular complexity index is 580. The largest absolute Gasteiger partial charge is 0.490 e. The van der Waals surface area contributed by atoms with Crippen LogP contribution in [0.2, 0.25) is 0 Å². The number of rotatable bonds is 4. The van der Waals surface area contributed by atoms with Crippen LogP contribution in [0.5, 0.6) is 0 Å². The van der Waals surface area contributed by atoms with Crippen LogP contribution in [0.3, 0.4) is 0 Å². The first-order chi connectivity index (χ1) is 11.5. The van der Waals surface area contributed by atoms with Crippen LogP contribution in [0.4, 0.5) is 13.2 Å². The number of carbonyl (C=O) groups excluding carboxylic acids is 1. The van der Waals surface area contributed by atoms with E-state index in [1.54, 1.807) is 0 Å². The van der Waals surface area contributed by atoms with Crippen molar-refractivity contribution in [1.29, 1.82) is 0 Å². The van der Waals surface area contributed by atoms with E-state index in [-0.39, 0.29) is 11.8 Å². The summed E-state index contributed by atoms with van der Waals surface area (Å²) in [6, 6.07) is 8.34. The molecule has 1 aliphatic heterocycles.